The summed E-state index contributed by atoms with van der Waals surface area (Å²) >= 11 is 0. The van der Waals surface area contributed by atoms with Gasteiger partial charge in [0.1, 0.15) is 24.9 Å². The van der Waals surface area contributed by atoms with Crippen LogP contribution < -0.4 is 0 Å². The van der Waals surface area contributed by atoms with Crippen LogP contribution in [0, 0.1) is 0 Å². The van der Waals surface area contributed by atoms with Crippen molar-refractivity contribution in [3.8, 4) is 0 Å². The lowest BCUT2D eigenvalue weighted by Gasteiger charge is -2.25. The van der Waals surface area contributed by atoms with E-state index in [4.69, 9.17) is 23.7 Å². The normalized spacial score (nSPS) is 20.9. The first-order chi connectivity index (χ1) is 19.3. The van der Waals surface area contributed by atoms with Crippen molar-refractivity contribution in [1.82, 2.24) is 9.80 Å². The van der Waals surface area contributed by atoms with Gasteiger partial charge in [0.05, 0.1) is 12.8 Å². The minimum atomic E-state index is -0.894. The highest BCUT2D eigenvalue weighted by molar-refractivity contribution is 5.70. The summed E-state index contributed by atoms with van der Waals surface area (Å²) < 4.78 is 30.1. The molecule has 0 aromatic carbocycles. The molecule has 0 aromatic rings. The Morgan fingerprint density at radius 3 is 1.65 bits per heavy atom. The molecule has 1 rings (SSSR count). The van der Waals surface area contributed by atoms with Crippen molar-refractivity contribution in [2.24, 2.45) is 0 Å². The number of ether oxygens (including phenoxy) is 5. The van der Waals surface area contributed by atoms with Gasteiger partial charge in [-0.05, 0) is 41.0 Å². The lowest BCUT2D eigenvalue weighted by molar-refractivity contribution is -0.197. The summed E-state index contributed by atoms with van der Waals surface area (Å²) in [5, 5.41) is 0. The number of hydrogen-bond acceptors (Lipinski definition) is 9. The minimum Gasteiger partial charge on any atom is -0.463 e. The van der Waals surface area contributed by atoms with Crippen LogP contribution in [-0.4, -0.2) is 107 Å². The highest BCUT2D eigenvalue weighted by atomic mass is 16.7. The van der Waals surface area contributed by atoms with Gasteiger partial charge < -0.3 is 33.5 Å². The molecule has 9 nitrogen and oxygen atoms in total. The zero-order valence-corrected chi connectivity index (χ0v) is 26.5. The second kappa shape index (κ2) is 23.3. The van der Waals surface area contributed by atoms with E-state index in [1.807, 2.05) is 38.0 Å². The minimum absolute atomic E-state index is 0.0378. The smallest absolute Gasteiger partial charge is 0.309 e. The summed E-state index contributed by atoms with van der Waals surface area (Å²) in [7, 11) is 7.66. The van der Waals surface area contributed by atoms with Crippen molar-refractivity contribution in [1.29, 1.82) is 0 Å². The van der Waals surface area contributed by atoms with E-state index in [0.717, 1.165) is 25.7 Å². The summed E-state index contributed by atoms with van der Waals surface area (Å²) in [5.74, 6) is -0.631. The molecule has 1 aliphatic rings. The second-order valence-electron chi connectivity index (χ2n) is 11.5. The third-order valence-electron chi connectivity index (χ3n) is 7.07. The molecule has 4 atom stereocenters. The number of carbonyl (C=O) groups is 2. The average molecular weight is 573 g/mol. The Balaban J connectivity index is 2.84. The highest BCUT2D eigenvalue weighted by Gasteiger charge is 2.49. The van der Waals surface area contributed by atoms with E-state index in [2.05, 4.69) is 13.8 Å². The predicted octanol–water partition coefficient (Wildman–Crippen LogP) is 5.19. The summed E-state index contributed by atoms with van der Waals surface area (Å²) in [4.78, 5) is 28.8. The Labute approximate surface area is 244 Å². The third kappa shape index (κ3) is 17.5. The van der Waals surface area contributed by atoms with Crippen molar-refractivity contribution in [3.63, 3.8) is 0 Å². The van der Waals surface area contributed by atoms with Gasteiger partial charge in [0.2, 0.25) is 6.29 Å². The van der Waals surface area contributed by atoms with Crippen LogP contribution in [0.1, 0.15) is 104 Å². The van der Waals surface area contributed by atoms with Gasteiger partial charge in [0.25, 0.3) is 0 Å². The molecule has 0 radical (unpaired) electrons. The first-order valence-electron chi connectivity index (χ1n) is 15.8. The standard InChI is InChI=1S/C31H60N2O7/c1-7-9-11-13-15-17-23-36-29-26(25-38-27(34)19-21-32(3)4)39-31(40-28(35)20-22-33(5)6)30(29)37-24-18-16-14-12-10-8-2/h26,29-31H,7-25H2,1-6H3/t26-,29?,30?,31+/m1/s1. The molecular weight excluding hydrogens is 512 g/mol. The van der Waals surface area contributed by atoms with Crippen molar-refractivity contribution >= 4 is 11.9 Å². The molecule has 0 aromatic heterocycles. The fourth-order valence-electron chi connectivity index (χ4n) is 4.57. The molecule has 0 aliphatic carbocycles. The fraction of sp³-hybridized carbons (Fsp3) is 0.935. The van der Waals surface area contributed by atoms with Crippen LogP contribution in [-0.2, 0) is 33.3 Å². The highest BCUT2D eigenvalue weighted by Crippen LogP contribution is 2.29. The molecule has 1 heterocycles. The van der Waals surface area contributed by atoms with Gasteiger partial charge >= 0.3 is 11.9 Å². The molecule has 1 fully saturated rings. The largest absolute Gasteiger partial charge is 0.463 e. The van der Waals surface area contributed by atoms with Gasteiger partial charge in [0, 0.05) is 26.3 Å². The first-order valence-corrected chi connectivity index (χ1v) is 15.8. The SMILES string of the molecule is CCCCCCCCOC1C(OCCCCCCCC)[C@@H](COC(=O)CCN(C)C)O[C@H]1OC(=O)CCN(C)C. The van der Waals surface area contributed by atoms with E-state index in [1.54, 1.807) is 0 Å². The molecule has 2 unspecified atom stereocenters. The maximum absolute atomic E-state index is 12.6. The van der Waals surface area contributed by atoms with Gasteiger partial charge in [-0.3, -0.25) is 9.59 Å². The molecule has 0 N–H and O–H groups in total. The third-order valence-corrected chi connectivity index (χ3v) is 7.07. The summed E-state index contributed by atoms with van der Waals surface area (Å²) in [6, 6.07) is 0. The molecule has 1 aliphatic heterocycles. The zero-order chi connectivity index (χ0) is 29.6. The van der Waals surface area contributed by atoms with Crippen LogP contribution in [0.5, 0.6) is 0 Å². The van der Waals surface area contributed by atoms with Crippen LogP contribution >= 0.6 is 0 Å². The summed E-state index contributed by atoms with van der Waals surface area (Å²) in [6.07, 6.45) is 11.9. The van der Waals surface area contributed by atoms with Gasteiger partial charge in [-0.25, -0.2) is 0 Å². The number of esters is 2. The van der Waals surface area contributed by atoms with E-state index in [1.165, 1.54) is 51.4 Å². The fourth-order valence-corrected chi connectivity index (χ4v) is 4.57. The zero-order valence-electron chi connectivity index (χ0n) is 26.5. The molecule has 236 valence electrons. The average Bonchev–Trinajstić information content (AvgIpc) is 3.23. The topological polar surface area (TPSA) is 86.8 Å². The van der Waals surface area contributed by atoms with E-state index in [9.17, 15) is 9.59 Å². The Bertz CT molecular complexity index is 647. The first kappa shape index (κ1) is 36.8. The van der Waals surface area contributed by atoms with E-state index in [-0.39, 0.29) is 25.0 Å². The monoisotopic (exact) mass is 572 g/mol. The summed E-state index contributed by atoms with van der Waals surface area (Å²) in [5.41, 5.74) is 0. The van der Waals surface area contributed by atoms with E-state index in [0.29, 0.717) is 32.7 Å². The Morgan fingerprint density at radius 1 is 0.650 bits per heavy atom. The lowest BCUT2D eigenvalue weighted by atomic mass is 10.1. The van der Waals surface area contributed by atoms with Gasteiger partial charge in [-0.2, -0.15) is 0 Å². The van der Waals surface area contributed by atoms with Crippen LogP contribution in [0.3, 0.4) is 0 Å². The van der Waals surface area contributed by atoms with E-state index < -0.39 is 24.6 Å². The maximum atomic E-state index is 12.6. The molecule has 0 spiro atoms. The molecule has 9 heteroatoms. The van der Waals surface area contributed by atoms with Crippen LogP contribution in [0.4, 0.5) is 0 Å². The van der Waals surface area contributed by atoms with Gasteiger partial charge in [0.15, 0.2) is 0 Å². The predicted molar refractivity (Wildman–Crippen MR) is 158 cm³/mol. The molecular formula is C31H60N2O7. The summed E-state index contributed by atoms with van der Waals surface area (Å²) in [6.45, 7) is 6.76. The van der Waals surface area contributed by atoms with Crippen molar-refractivity contribution in [2.45, 2.75) is 128 Å². The van der Waals surface area contributed by atoms with E-state index >= 15 is 0 Å². The van der Waals surface area contributed by atoms with Crippen LogP contribution in [0.25, 0.3) is 0 Å². The number of nitrogens with zero attached hydrogens (tertiary/aromatic N) is 2. The lowest BCUT2D eigenvalue weighted by Crippen LogP contribution is -2.41. The molecule has 40 heavy (non-hydrogen) atoms. The van der Waals surface area contributed by atoms with Crippen molar-refractivity contribution in [3.05, 3.63) is 0 Å². The van der Waals surface area contributed by atoms with Crippen LogP contribution in [0.15, 0.2) is 0 Å². The Kier molecular flexibility index (Phi) is 21.4. The molecule has 0 saturated carbocycles. The Hall–Kier alpha value is -1.26. The maximum Gasteiger partial charge on any atom is 0.309 e. The van der Waals surface area contributed by atoms with Crippen LogP contribution in [0.2, 0.25) is 0 Å². The van der Waals surface area contributed by atoms with Gasteiger partial charge in [-0.1, -0.05) is 78.1 Å². The number of rotatable bonds is 25. The van der Waals surface area contributed by atoms with Gasteiger partial charge in [-0.15, -0.1) is 0 Å². The molecule has 0 bridgehead atoms. The molecule has 1 saturated heterocycles. The Morgan fingerprint density at radius 2 is 1.12 bits per heavy atom. The number of hydrogen-bond donors (Lipinski definition) is 0. The van der Waals surface area contributed by atoms with Crippen molar-refractivity contribution < 1.29 is 33.3 Å². The number of unbranched alkanes of at least 4 members (excludes halogenated alkanes) is 10. The number of carbonyl (C=O) groups excluding carboxylic acids is 2. The van der Waals surface area contributed by atoms with Crippen molar-refractivity contribution in [2.75, 3.05) is 61.1 Å². The quantitative estimate of drug-likeness (QED) is 0.108. The molecule has 0 amide bonds. The second-order valence-corrected chi connectivity index (χ2v) is 11.5.